The fourth-order valence-corrected chi connectivity index (χ4v) is 3.38. The van der Waals surface area contributed by atoms with Crippen LogP contribution in [0.3, 0.4) is 0 Å². The highest BCUT2D eigenvalue weighted by Gasteiger charge is 2.27. The molecular weight excluding hydrogens is 312 g/mol. The maximum absolute atomic E-state index is 10.9. The van der Waals surface area contributed by atoms with Crippen LogP contribution in [0.15, 0.2) is 42.5 Å². The first kappa shape index (κ1) is 19.3. The van der Waals surface area contributed by atoms with Crippen LogP contribution in [0.1, 0.15) is 26.3 Å². The number of phenolic OH excluding ortho intramolecular Hbond substituents is 1. The quantitative estimate of drug-likeness (QED) is 0.836. The van der Waals surface area contributed by atoms with Crippen LogP contribution in [0.4, 0.5) is 0 Å². The summed E-state index contributed by atoms with van der Waals surface area (Å²) in [6.07, 6.45) is 0. The number of para-hydroxylation sites is 2. The summed E-state index contributed by atoms with van der Waals surface area (Å²) in [6.45, 7) is 7.77. The Kier molecular flexibility index (Phi) is 6.09. The Bertz CT molecular complexity index is 707. The van der Waals surface area contributed by atoms with Crippen LogP contribution in [-0.4, -0.2) is 36.8 Å². The van der Waals surface area contributed by atoms with E-state index < -0.39 is 0 Å². The van der Waals surface area contributed by atoms with E-state index in [0.29, 0.717) is 18.8 Å². The summed E-state index contributed by atoms with van der Waals surface area (Å²) >= 11 is 0. The van der Waals surface area contributed by atoms with E-state index in [1.165, 1.54) is 0 Å². The van der Waals surface area contributed by atoms with Gasteiger partial charge in [-0.05, 0) is 18.5 Å². The van der Waals surface area contributed by atoms with Crippen molar-refractivity contribution in [2.24, 2.45) is 11.1 Å². The molecule has 3 N–H and O–H groups in total. The molecule has 25 heavy (non-hydrogen) atoms. The fraction of sp³-hybridized carbons (Fsp3) is 0.429. The Balaban J connectivity index is 2.36. The molecule has 0 aliphatic heterocycles. The summed E-state index contributed by atoms with van der Waals surface area (Å²) in [5.74, 6) is 1.04. The number of hydrogen-bond donors (Lipinski definition) is 2. The molecule has 2 aromatic carbocycles. The van der Waals surface area contributed by atoms with E-state index >= 15 is 0 Å². The van der Waals surface area contributed by atoms with Crippen LogP contribution < -0.4 is 10.5 Å². The monoisotopic (exact) mass is 342 g/mol. The minimum absolute atomic E-state index is 0.0688. The van der Waals surface area contributed by atoms with Crippen LogP contribution in [-0.2, 0) is 6.54 Å². The lowest BCUT2D eigenvalue weighted by Crippen LogP contribution is -2.46. The number of ether oxygens (including phenoxy) is 1. The van der Waals surface area contributed by atoms with Crippen LogP contribution in [0.5, 0.6) is 11.5 Å². The van der Waals surface area contributed by atoms with Crippen molar-refractivity contribution < 1.29 is 9.84 Å². The lowest BCUT2D eigenvalue weighted by atomic mass is 9.85. The molecule has 136 valence electrons. The molecule has 0 unspecified atom stereocenters. The Morgan fingerprint density at radius 2 is 1.72 bits per heavy atom. The van der Waals surface area contributed by atoms with Gasteiger partial charge in [0.15, 0.2) is 0 Å². The Hall–Kier alpha value is -2.04. The van der Waals surface area contributed by atoms with E-state index in [1.807, 2.05) is 42.5 Å². The zero-order valence-corrected chi connectivity index (χ0v) is 15.9. The van der Waals surface area contributed by atoms with Crippen molar-refractivity contribution in [3.05, 3.63) is 48.0 Å². The largest absolute Gasteiger partial charge is 0.507 e. The predicted octanol–water partition coefficient (Wildman–Crippen LogP) is 3.87. The average Bonchev–Trinajstić information content (AvgIpc) is 2.56. The molecule has 4 heteroatoms. The SMILES string of the molecule is COc1ccccc1-c1cccc(CN(C)[C@H](CN)C(C)(C)C)c1O. The molecule has 0 heterocycles. The highest BCUT2D eigenvalue weighted by Crippen LogP contribution is 2.38. The number of likely N-dealkylation sites (N-methyl/N-ethyl adjacent to an activating group) is 1. The summed E-state index contributed by atoms with van der Waals surface area (Å²) in [4.78, 5) is 2.21. The van der Waals surface area contributed by atoms with Gasteiger partial charge in [-0.25, -0.2) is 0 Å². The molecule has 0 aliphatic carbocycles. The van der Waals surface area contributed by atoms with Gasteiger partial charge >= 0.3 is 0 Å². The number of aromatic hydroxyl groups is 1. The second-order valence-electron chi connectivity index (χ2n) is 7.55. The van der Waals surface area contributed by atoms with E-state index in [-0.39, 0.29) is 11.5 Å². The molecule has 0 amide bonds. The second-order valence-corrected chi connectivity index (χ2v) is 7.55. The lowest BCUT2D eigenvalue weighted by molar-refractivity contribution is 0.125. The van der Waals surface area contributed by atoms with Gasteiger partial charge in [0, 0.05) is 35.8 Å². The molecule has 0 spiro atoms. The Morgan fingerprint density at radius 1 is 1.08 bits per heavy atom. The van der Waals surface area contributed by atoms with Crippen molar-refractivity contribution in [3.8, 4) is 22.6 Å². The van der Waals surface area contributed by atoms with Crippen molar-refractivity contribution in [2.75, 3.05) is 20.7 Å². The van der Waals surface area contributed by atoms with Crippen molar-refractivity contribution in [2.45, 2.75) is 33.4 Å². The van der Waals surface area contributed by atoms with Gasteiger partial charge in [-0.15, -0.1) is 0 Å². The molecule has 0 radical (unpaired) electrons. The number of benzene rings is 2. The standard InChI is InChI=1S/C21H30N2O2/c1-21(2,3)19(13-22)23(4)14-15-9-8-11-17(20(15)24)16-10-6-7-12-18(16)25-5/h6-12,19,24H,13-14,22H2,1-5H3/t19-/m1/s1. The highest BCUT2D eigenvalue weighted by atomic mass is 16.5. The second kappa shape index (κ2) is 7.89. The van der Waals surface area contributed by atoms with Gasteiger partial charge in [-0.1, -0.05) is 57.2 Å². The van der Waals surface area contributed by atoms with Crippen molar-refractivity contribution in [3.63, 3.8) is 0 Å². The molecule has 2 rings (SSSR count). The molecule has 0 fully saturated rings. The van der Waals surface area contributed by atoms with Crippen LogP contribution in [0.25, 0.3) is 11.1 Å². The summed E-state index contributed by atoms with van der Waals surface area (Å²) in [7, 11) is 3.70. The third kappa shape index (κ3) is 4.33. The van der Waals surface area contributed by atoms with Crippen LogP contribution >= 0.6 is 0 Å². The smallest absolute Gasteiger partial charge is 0.128 e. The van der Waals surface area contributed by atoms with Crippen molar-refractivity contribution in [1.29, 1.82) is 0 Å². The van der Waals surface area contributed by atoms with E-state index in [4.69, 9.17) is 10.5 Å². The first-order valence-corrected chi connectivity index (χ1v) is 8.64. The average molecular weight is 342 g/mol. The first-order valence-electron chi connectivity index (χ1n) is 8.64. The molecular formula is C21H30N2O2. The maximum Gasteiger partial charge on any atom is 0.128 e. The molecule has 0 saturated carbocycles. The van der Waals surface area contributed by atoms with Gasteiger partial charge in [0.2, 0.25) is 0 Å². The lowest BCUT2D eigenvalue weighted by Gasteiger charge is -2.37. The van der Waals surface area contributed by atoms with E-state index in [0.717, 1.165) is 22.4 Å². The zero-order valence-electron chi connectivity index (χ0n) is 15.9. The number of hydrogen-bond acceptors (Lipinski definition) is 4. The third-order valence-electron chi connectivity index (χ3n) is 4.69. The predicted molar refractivity (Wildman–Crippen MR) is 104 cm³/mol. The van der Waals surface area contributed by atoms with Gasteiger partial charge in [0.05, 0.1) is 7.11 Å². The third-order valence-corrected chi connectivity index (χ3v) is 4.69. The van der Waals surface area contributed by atoms with E-state index in [1.54, 1.807) is 7.11 Å². The number of methoxy groups -OCH3 is 1. The first-order chi connectivity index (χ1) is 11.8. The molecule has 1 atom stereocenters. The van der Waals surface area contributed by atoms with Gasteiger partial charge < -0.3 is 15.6 Å². The number of nitrogens with two attached hydrogens (primary N) is 1. The highest BCUT2D eigenvalue weighted by molar-refractivity contribution is 5.76. The van der Waals surface area contributed by atoms with Gasteiger partial charge in [-0.2, -0.15) is 0 Å². The van der Waals surface area contributed by atoms with Gasteiger partial charge in [0.1, 0.15) is 11.5 Å². The summed E-state index contributed by atoms with van der Waals surface area (Å²) in [6, 6.07) is 13.8. The van der Waals surface area contributed by atoms with Crippen molar-refractivity contribution >= 4 is 0 Å². The molecule has 0 aliphatic rings. The fourth-order valence-electron chi connectivity index (χ4n) is 3.38. The minimum atomic E-state index is 0.0688. The minimum Gasteiger partial charge on any atom is -0.507 e. The zero-order chi connectivity index (χ0) is 18.6. The number of phenols is 1. The molecule has 2 aromatic rings. The normalized spacial score (nSPS) is 13.1. The Labute approximate surface area is 151 Å². The summed E-state index contributed by atoms with van der Waals surface area (Å²) in [5, 5.41) is 10.9. The van der Waals surface area contributed by atoms with Gasteiger partial charge in [-0.3, -0.25) is 4.90 Å². The van der Waals surface area contributed by atoms with Crippen LogP contribution in [0.2, 0.25) is 0 Å². The summed E-state index contributed by atoms with van der Waals surface area (Å²) < 4.78 is 5.44. The van der Waals surface area contributed by atoms with Crippen LogP contribution in [0, 0.1) is 5.41 Å². The molecule has 0 aromatic heterocycles. The Morgan fingerprint density at radius 3 is 2.32 bits per heavy atom. The molecule has 0 bridgehead atoms. The number of nitrogens with zero attached hydrogens (tertiary/aromatic N) is 1. The molecule has 4 nitrogen and oxygen atoms in total. The summed E-state index contributed by atoms with van der Waals surface area (Å²) in [5.41, 5.74) is 8.61. The topological polar surface area (TPSA) is 58.7 Å². The number of rotatable bonds is 6. The maximum atomic E-state index is 10.9. The van der Waals surface area contributed by atoms with Crippen molar-refractivity contribution in [1.82, 2.24) is 4.90 Å². The molecule has 0 saturated heterocycles. The van der Waals surface area contributed by atoms with E-state index in [9.17, 15) is 5.11 Å². The van der Waals surface area contributed by atoms with E-state index in [2.05, 4.69) is 32.7 Å². The van der Waals surface area contributed by atoms with Gasteiger partial charge in [0.25, 0.3) is 0 Å².